The van der Waals surface area contributed by atoms with Gasteiger partial charge in [-0.15, -0.1) is 6.58 Å². The van der Waals surface area contributed by atoms with Gasteiger partial charge >= 0.3 is 5.97 Å². The molecule has 158 valence electrons. The number of pyridine rings is 1. The number of nitrogens with zero attached hydrogens (tertiary/aromatic N) is 1. The molecule has 2 heterocycles. The van der Waals surface area contributed by atoms with Gasteiger partial charge in [0, 0.05) is 29.7 Å². The second-order valence-electron chi connectivity index (χ2n) is 8.23. The van der Waals surface area contributed by atoms with Crippen LogP contribution in [0.15, 0.2) is 61.2 Å². The highest BCUT2D eigenvalue weighted by Gasteiger charge is 2.60. The fourth-order valence-electron chi connectivity index (χ4n) is 4.44. The minimum Gasteiger partial charge on any atom is -0.479 e. The van der Waals surface area contributed by atoms with Crippen LogP contribution in [-0.2, 0) is 9.59 Å². The molecule has 0 radical (unpaired) electrons. The number of hydrogen-bond acceptors (Lipinski definition) is 5. The molecule has 2 aromatic carbocycles. The molecule has 1 aromatic heterocycles. The van der Waals surface area contributed by atoms with Gasteiger partial charge in [0.15, 0.2) is 0 Å². The molecule has 1 saturated carbocycles. The van der Waals surface area contributed by atoms with Crippen LogP contribution >= 0.6 is 0 Å². The SMILES string of the molecule is C=CC1CC1(NC(=O)[C@H]1C[C@@H](Oc2nc3ccccc3c3ccccc23)CN1)C(=O)O. The first-order chi connectivity index (χ1) is 15.0. The molecule has 0 spiro atoms. The number of benzene rings is 2. The number of fused-ring (bicyclic) bond motifs is 3. The summed E-state index contributed by atoms with van der Waals surface area (Å²) in [5.74, 6) is -1.05. The Kier molecular flexibility index (Phi) is 4.63. The largest absolute Gasteiger partial charge is 0.479 e. The second-order valence-corrected chi connectivity index (χ2v) is 8.23. The normalized spacial score (nSPS) is 27.2. The van der Waals surface area contributed by atoms with Gasteiger partial charge in [-0.2, -0.15) is 0 Å². The van der Waals surface area contributed by atoms with Crippen LogP contribution in [0.3, 0.4) is 0 Å². The summed E-state index contributed by atoms with van der Waals surface area (Å²) >= 11 is 0. The van der Waals surface area contributed by atoms with E-state index in [4.69, 9.17) is 9.72 Å². The summed E-state index contributed by atoms with van der Waals surface area (Å²) in [6, 6.07) is 15.4. The zero-order valence-electron chi connectivity index (χ0n) is 16.9. The minimum atomic E-state index is -1.23. The van der Waals surface area contributed by atoms with E-state index in [1.807, 2.05) is 48.5 Å². The Bertz CT molecular complexity index is 1210. The van der Waals surface area contributed by atoms with Gasteiger partial charge in [0.1, 0.15) is 11.6 Å². The quantitative estimate of drug-likeness (QED) is 0.421. The van der Waals surface area contributed by atoms with Gasteiger partial charge in [-0.05, 0) is 23.9 Å². The Labute approximate surface area is 179 Å². The van der Waals surface area contributed by atoms with Gasteiger partial charge in [-0.3, -0.25) is 4.79 Å². The summed E-state index contributed by atoms with van der Waals surface area (Å²) in [7, 11) is 0. The zero-order chi connectivity index (χ0) is 21.6. The molecule has 2 unspecified atom stereocenters. The Morgan fingerprint density at radius 2 is 1.87 bits per heavy atom. The van der Waals surface area contributed by atoms with E-state index in [1.165, 1.54) is 0 Å². The van der Waals surface area contributed by atoms with Crippen LogP contribution in [0.4, 0.5) is 0 Å². The monoisotopic (exact) mass is 417 g/mol. The summed E-state index contributed by atoms with van der Waals surface area (Å²) in [6.07, 6.45) is 2.14. The Balaban J connectivity index is 1.33. The highest BCUT2D eigenvalue weighted by atomic mass is 16.5. The predicted octanol–water partition coefficient (Wildman–Crippen LogP) is 2.64. The lowest BCUT2D eigenvalue weighted by atomic mass is 10.1. The summed E-state index contributed by atoms with van der Waals surface area (Å²) < 4.78 is 6.23. The van der Waals surface area contributed by atoms with Crippen molar-refractivity contribution < 1.29 is 19.4 Å². The Morgan fingerprint density at radius 1 is 1.16 bits per heavy atom. The van der Waals surface area contributed by atoms with Crippen molar-refractivity contribution in [2.75, 3.05) is 6.54 Å². The third-order valence-corrected chi connectivity index (χ3v) is 6.29. The lowest BCUT2D eigenvalue weighted by Crippen LogP contribution is -2.51. The zero-order valence-corrected chi connectivity index (χ0v) is 16.9. The van der Waals surface area contributed by atoms with Crippen molar-refractivity contribution in [2.24, 2.45) is 5.92 Å². The molecule has 2 fully saturated rings. The smallest absolute Gasteiger partial charge is 0.330 e. The van der Waals surface area contributed by atoms with Crippen LogP contribution in [0.2, 0.25) is 0 Å². The number of carboxylic acids is 1. The molecular weight excluding hydrogens is 394 g/mol. The fourth-order valence-corrected chi connectivity index (χ4v) is 4.44. The topological polar surface area (TPSA) is 101 Å². The van der Waals surface area contributed by atoms with E-state index < -0.39 is 17.6 Å². The molecule has 1 amide bonds. The van der Waals surface area contributed by atoms with E-state index in [2.05, 4.69) is 17.2 Å². The van der Waals surface area contributed by atoms with Crippen LogP contribution in [0.5, 0.6) is 5.88 Å². The van der Waals surface area contributed by atoms with Gasteiger partial charge in [-0.25, -0.2) is 9.78 Å². The van der Waals surface area contributed by atoms with E-state index in [0.29, 0.717) is 25.3 Å². The average molecular weight is 417 g/mol. The predicted molar refractivity (Wildman–Crippen MR) is 117 cm³/mol. The molecule has 5 rings (SSSR count). The van der Waals surface area contributed by atoms with Crippen molar-refractivity contribution in [1.82, 2.24) is 15.6 Å². The lowest BCUT2D eigenvalue weighted by Gasteiger charge is -2.18. The molecule has 3 N–H and O–H groups in total. The van der Waals surface area contributed by atoms with E-state index in [0.717, 1.165) is 21.7 Å². The number of carbonyl (C=O) groups excluding carboxylic acids is 1. The first kappa shape index (κ1) is 19.5. The maximum Gasteiger partial charge on any atom is 0.330 e. The van der Waals surface area contributed by atoms with Crippen molar-refractivity contribution in [1.29, 1.82) is 0 Å². The standard InChI is InChI=1S/C24H23N3O4/c1-2-14-12-24(14,23(29)30)27-21(28)20-11-15(13-25-20)31-22-18-9-4-3-7-16(18)17-8-5-6-10-19(17)26-22/h2-10,14-15,20,25H,1,11-13H2,(H,27,28)(H,29,30)/t14?,15-,20-,24?/m1/s1. The van der Waals surface area contributed by atoms with Crippen molar-refractivity contribution in [3.05, 3.63) is 61.2 Å². The summed E-state index contributed by atoms with van der Waals surface area (Å²) in [4.78, 5) is 29.0. The van der Waals surface area contributed by atoms with Crippen molar-refractivity contribution in [2.45, 2.75) is 30.5 Å². The lowest BCUT2D eigenvalue weighted by molar-refractivity contribution is -0.143. The first-order valence-electron chi connectivity index (χ1n) is 10.4. The van der Waals surface area contributed by atoms with Crippen molar-refractivity contribution in [3.8, 4) is 5.88 Å². The Hall–Kier alpha value is -3.45. The fraction of sp³-hybridized carbons (Fsp3) is 0.292. The molecule has 2 aliphatic rings. The maximum absolute atomic E-state index is 12.7. The van der Waals surface area contributed by atoms with Crippen LogP contribution < -0.4 is 15.4 Å². The Morgan fingerprint density at radius 3 is 2.58 bits per heavy atom. The average Bonchev–Trinajstić information content (AvgIpc) is 3.31. The number of aromatic nitrogens is 1. The van der Waals surface area contributed by atoms with Gasteiger partial charge in [0.05, 0.1) is 11.6 Å². The van der Waals surface area contributed by atoms with Crippen LogP contribution in [0.1, 0.15) is 12.8 Å². The molecular formula is C24H23N3O4. The molecule has 1 aliphatic carbocycles. The minimum absolute atomic E-state index is 0.240. The van der Waals surface area contributed by atoms with E-state index in [9.17, 15) is 14.7 Å². The number of aliphatic carboxylic acids is 1. The van der Waals surface area contributed by atoms with Gasteiger partial charge in [-0.1, -0.05) is 42.5 Å². The number of amides is 1. The molecule has 7 heteroatoms. The molecule has 1 aliphatic heterocycles. The third-order valence-electron chi connectivity index (χ3n) is 6.29. The van der Waals surface area contributed by atoms with E-state index in [-0.39, 0.29) is 17.9 Å². The highest BCUT2D eigenvalue weighted by molar-refractivity contribution is 6.07. The number of rotatable bonds is 6. The molecule has 3 aromatic rings. The van der Waals surface area contributed by atoms with Crippen LogP contribution in [-0.4, -0.2) is 46.2 Å². The molecule has 4 atom stereocenters. The van der Waals surface area contributed by atoms with Crippen LogP contribution in [0, 0.1) is 5.92 Å². The third kappa shape index (κ3) is 3.31. The summed E-state index contributed by atoms with van der Waals surface area (Å²) in [6.45, 7) is 4.13. The van der Waals surface area contributed by atoms with Crippen molar-refractivity contribution >= 4 is 33.6 Å². The second kappa shape index (κ2) is 7.35. The van der Waals surface area contributed by atoms with E-state index >= 15 is 0 Å². The number of hydrogen-bond donors (Lipinski definition) is 3. The molecule has 0 bridgehead atoms. The highest BCUT2D eigenvalue weighted by Crippen LogP contribution is 2.44. The van der Waals surface area contributed by atoms with Crippen molar-refractivity contribution in [3.63, 3.8) is 0 Å². The number of carboxylic acid groups (broad SMARTS) is 1. The van der Waals surface area contributed by atoms with Gasteiger partial charge in [0.2, 0.25) is 11.8 Å². The summed E-state index contributed by atoms with van der Waals surface area (Å²) in [5, 5.41) is 18.4. The van der Waals surface area contributed by atoms with Gasteiger partial charge < -0.3 is 20.5 Å². The molecule has 31 heavy (non-hydrogen) atoms. The number of carbonyl (C=O) groups is 2. The maximum atomic E-state index is 12.7. The van der Waals surface area contributed by atoms with Gasteiger partial charge in [0.25, 0.3) is 0 Å². The molecule has 1 saturated heterocycles. The van der Waals surface area contributed by atoms with Crippen LogP contribution in [0.25, 0.3) is 21.7 Å². The van der Waals surface area contributed by atoms with E-state index in [1.54, 1.807) is 6.08 Å². The molecule has 7 nitrogen and oxygen atoms in total. The number of para-hydroxylation sites is 1. The summed E-state index contributed by atoms with van der Waals surface area (Å²) in [5.41, 5.74) is -0.376. The number of nitrogens with one attached hydrogen (secondary N) is 2. The first-order valence-corrected chi connectivity index (χ1v) is 10.4. The number of ether oxygens (including phenoxy) is 1.